The van der Waals surface area contributed by atoms with Gasteiger partial charge < -0.3 is 9.47 Å². The van der Waals surface area contributed by atoms with Crippen molar-refractivity contribution in [2.24, 2.45) is 0 Å². The first-order chi connectivity index (χ1) is 30.8. The third-order valence-corrected chi connectivity index (χ3v) is 12.0. The van der Waals surface area contributed by atoms with Crippen LogP contribution in [0.2, 0.25) is 0 Å². The first kappa shape index (κ1) is 36.8. The molecule has 1 heterocycles. The molecule has 2 nitrogen and oxygen atoms in total. The van der Waals surface area contributed by atoms with Crippen molar-refractivity contribution in [1.29, 1.82) is 0 Å². The van der Waals surface area contributed by atoms with Gasteiger partial charge in [0.05, 0.1) is 28.1 Å². The van der Waals surface area contributed by atoms with Crippen LogP contribution in [0.15, 0.2) is 255 Å². The first-order valence-electron chi connectivity index (χ1n) is 21.3. The van der Waals surface area contributed by atoms with Gasteiger partial charge >= 0.3 is 0 Å². The second-order valence-corrected chi connectivity index (χ2v) is 15.6. The molecule has 292 valence electrons. The minimum atomic E-state index is 1.10. The standard InChI is InChI=1S/C60H42N2/c1-5-21-43(22-6-1)49-29-13-14-30-50(49)46-39-41-48(42-40-46)61-55-35-18-16-32-53(55)60-57(61)37-20-38-58(60)62(54-34-17-15-31-51(54)44-23-7-2-8-24-44)56-36-19-33-52(45-25-9-3-10-26-45)59(56)47-27-11-4-12-28-47/h1-42H. The van der Waals surface area contributed by atoms with Crippen LogP contribution in [0.4, 0.5) is 17.1 Å². The van der Waals surface area contributed by atoms with Crippen molar-refractivity contribution in [3.63, 3.8) is 0 Å². The van der Waals surface area contributed by atoms with Gasteiger partial charge in [-0.05, 0) is 87.0 Å². The van der Waals surface area contributed by atoms with E-state index >= 15 is 0 Å². The predicted octanol–water partition coefficient (Wildman–Crippen LogP) is 16.6. The highest BCUT2D eigenvalue weighted by Gasteiger charge is 2.26. The first-order valence-corrected chi connectivity index (χ1v) is 21.3. The Bertz CT molecular complexity index is 3310. The van der Waals surface area contributed by atoms with Gasteiger partial charge in [0.25, 0.3) is 0 Å². The maximum absolute atomic E-state index is 2.51. The molecule has 0 saturated heterocycles. The van der Waals surface area contributed by atoms with Crippen LogP contribution < -0.4 is 4.90 Å². The van der Waals surface area contributed by atoms with E-state index in [-0.39, 0.29) is 0 Å². The molecule has 11 rings (SSSR count). The fourth-order valence-corrected chi connectivity index (χ4v) is 9.27. The summed E-state index contributed by atoms with van der Waals surface area (Å²) in [6, 6.07) is 92.1. The zero-order valence-electron chi connectivity index (χ0n) is 34.1. The minimum Gasteiger partial charge on any atom is -0.309 e. The van der Waals surface area contributed by atoms with Crippen LogP contribution in [0.1, 0.15) is 0 Å². The van der Waals surface area contributed by atoms with E-state index in [0.29, 0.717) is 0 Å². The van der Waals surface area contributed by atoms with Crippen LogP contribution in [-0.2, 0) is 0 Å². The SMILES string of the molecule is c1ccc(-c2ccccc2-c2ccc(-n3c4ccccc4c4c(N(c5ccccc5-c5ccccc5)c5cccc(-c6ccccc6)c5-c5ccccc5)cccc43)cc2)cc1. The van der Waals surface area contributed by atoms with Crippen LogP contribution in [0.3, 0.4) is 0 Å². The summed E-state index contributed by atoms with van der Waals surface area (Å²) in [5, 5.41) is 2.38. The number of hydrogen-bond acceptors (Lipinski definition) is 1. The van der Waals surface area contributed by atoms with E-state index in [1.54, 1.807) is 0 Å². The van der Waals surface area contributed by atoms with E-state index in [9.17, 15) is 0 Å². The molecule has 0 spiro atoms. The molecule has 2 heteroatoms. The Hall–Kier alpha value is -8.20. The molecule has 0 unspecified atom stereocenters. The summed E-state index contributed by atoms with van der Waals surface area (Å²) in [5.41, 5.74) is 18.6. The fourth-order valence-electron chi connectivity index (χ4n) is 9.27. The number of hydrogen-bond donors (Lipinski definition) is 0. The topological polar surface area (TPSA) is 8.17 Å². The van der Waals surface area contributed by atoms with Crippen molar-refractivity contribution in [2.45, 2.75) is 0 Å². The highest BCUT2D eigenvalue weighted by atomic mass is 15.2. The van der Waals surface area contributed by atoms with Gasteiger partial charge in [-0.15, -0.1) is 0 Å². The van der Waals surface area contributed by atoms with Crippen molar-refractivity contribution in [2.75, 3.05) is 4.90 Å². The van der Waals surface area contributed by atoms with Gasteiger partial charge in [0, 0.05) is 27.6 Å². The van der Waals surface area contributed by atoms with E-state index in [1.807, 2.05) is 0 Å². The smallest absolute Gasteiger partial charge is 0.0562 e. The van der Waals surface area contributed by atoms with Gasteiger partial charge in [-0.2, -0.15) is 0 Å². The van der Waals surface area contributed by atoms with Gasteiger partial charge in [-0.1, -0.05) is 212 Å². The van der Waals surface area contributed by atoms with Crippen molar-refractivity contribution in [1.82, 2.24) is 4.57 Å². The molecule has 0 aliphatic carbocycles. The molecule has 1 aromatic heterocycles. The third-order valence-electron chi connectivity index (χ3n) is 12.0. The number of nitrogens with zero attached hydrogens (tertiary/aromatic N) is 2. The van der Waals surface area contributed by atoms with Crippen molar-refractivity contribution < 1.29 is 0 Å². The fraction of sp³-hybridized carbons (Fsp3) is 0. The van der Waals surface area contributed by atoms with Crippen LogP contribution in [-0.4, -0.2) is 4.57 Å². The normalized spacial score (nSPS) is 11.2. The van der Waals surface area contributed by atoms with E-state index in [2.05, 4.69) is 264 Å². The molecular weight excluding hydrogens is 749 g/mol. The second-order valence-electron chi connectivity index (χ2n) is 15.6. The molecule has 0 N–H and O–H groups in total. The minimum absolute atomic E-state index is 1.10. The van der Waals surface area contributed by atoms with Crippen LogP contribution >= 0.6 is 0 Å². The quantitative estimate of drug-likeness (QED) is 0.141. The molecule has 62 heavy (non-hydrogen) atoms. The lowest BCUT2D eigenvalue weighted by Gasteiger charge is -2.31. The molecule has 0 fully saturated rings. The molecule has 0 saturated carbocycles. The summed E-state index contributed by atoms with van der Waals surface area (Å²) in [7, 11) is 0. The summed E-state index contributed by atoms with van der Waals surface area (Å²) in [4.78, 5) is 2.51. The maximum Gasteiger partial charge on any atom is 0.0562 e. The Balaban J connectivity index is 1.17. The van der Waals surface area contributed by atoms with E-state index in [0.717, 1.165) is 50.5 Å². The van der Waals surface area contributed by atoms with E-state index in [1.165, 1.54) is 49.7 Å². The van der Waals surface area contributed by atoms with Crippen LogP contribution in [0, 0.1) is 0 Å². The number of aromatic nitrogens is 1. The number of anilines is 3. The second kappa shape index (κ2) is 16.1. The van der Waals surface area contributed by atoms with Crippen molar-refractivity contribution in [3.8, 4) is 61.3 Å². The molecular formula is C60H42N2. The molecule has 11 aromatic rings. The van der Waals surface area contributed by atoms with Crippen molar-refractivity contribution >= 4 is 38.9 Å². The molecule has 0 radical (unpaired) electrons. The molecule has 0 amide bonds. The summed E-state index contributed by atoms with van der Waals surface area (Å²) < 4.78 is 2.43. The Morgan fingerprint density at radius 2 is 0.677 bits per heavy atom. The molecule has 0 aliphatic heterocycles. The number of rotatable bonds is 9. The lowest BCUT2D eigenvalue weighted by molar-refractivity contribution is 1.18. The van der Waals surface area contributed by atoms with E-state index in [4.69, 9.17) is 0 Å². The van der Waals surface area contributed by atoms with Gasteiger partial charge in [-0.25, -0.2) is 0 Å². The lowest BCUT2D eigenvalue weighted by atomic mass is 9.91. The Morgan fingerprint density at radius 3 is 1.32 bits per heavy atom. The average Bonchev–Trinajstić information content (AvgIpc) is 3.70. The lowest BCUT2D eigenvalue weighted by Crippen LogP contribution is -2.13. The maximum atomic E-state index is 2.51. The van der Waals surface area contributed by atoms with Crippen LogP contribution in [0.5, 0.6) is 0 Å². The molecule has 10 aromatic carbocycles. The van der Waals surface area contributed by atoms with Gasteiger partial charge in [0.15, 0.2) is 0 Å². The van der Waals surface area contributed by atoms with Gasteiger partial charge in [0.2, 0.25) is 0 Å². The molecule has 0 aliphatic rings. The zero-order valence-corrected chi connectivity index (χ0v) is 34.1. The monoisotopic (exact) mass is 790 g/mol. The Labute approximate surface area is 362 Å². The molecule has 0 atom stereocenters. The largest absolute Gasteiger partial charge is 0.309 e. The average molecular weight is 791 g/mol. The number of para-hydroxylation sites is 2. The van der Waals surface area contributed by atoms with Gasteiger partial charge in [-0.3, -0.25) is 0 Å². The van der Waals surface area contributed by atoms with Crippen LogP contribution in [0.25, 0.3) is 83.1 Å². The van der Waals surface area contributed by atoms with E-state index < -0.39 is 0 Å². The summed E-state index contributed by atoms with van der Waals surface area (Å²) in [5.74, 6) is 0. The summed E-state index contributed by atoms with van der Waals surface area (Å²) in [6.45, 7) is 0. The number of benzene rings is 10. The number of fused-ring (bicyclic) bond motifs is 3. The zero-order chi connectivity index (χ0) is 41.2. The summed E-state index contributed by atoms with van der Waals surface area (Å²) in [6.07, 6.45) is 0. The summed E-state index contributed by atoms with van der Waals surface area (Å²) >= 11 is 0. The predicted molar refractivity (Wildman–Crippen MR) is 263 cm³/mol. The highest BCUT2D eigenvalue weighted by molar-refractivity contribution is 6.17. The molecule has 0 bridgehead atoms. The van der Waals surface area contributed by atoms with Gasteiger partial charge in [0.1, 0.15) is 0 Å². The highest BCUT2D eigenvalue weighted by Crippen LogP contribution is 2.51. The third kappa shape index (κ3) is 6.56. The Morgan fingerprint density at radius 1 is 0.258 bits per heavy atom. The Kier molecular flexibility index (Phi) is 9.57. The van der Waals surface area contributed by atoms with Crippen molar-refractivity contribution in [3.05, 3.63) is 255 Å².